The van der Waals surface area contributed by atoms with Crippen LogP contribution in [0.5, 0.6) is 0 Å². The number of benzene rings is 1. The SMILES string of the molecule is Cc1cc(Cl)c(N)cc1S(=O)(=O)N(C)Cc1cc(Br)cs1. The van der Waals surface area contributed by atoms with Crippen LogP contribution in [0, 0.1) is 6.92 Å². The highest BCUT2D eigenvalue weighted by Gasteiger charge is 2.24. The van der Waals surface area contributed by atoms with Crippen molar-refractivity contribution in [1.82, 2.24) is 4.31 Å². The first kappa shape index (κ1) is 16.8. The van der Waals surface area contributed by atoms with E-state index in [4.69, 9.17) is 17.3 Å². The van der Waals surface area contributed by atoms with Gasteiger partial charge in [0.1, 0.15) is 0 Å². The van der Waals surface area contributed by atoms with E-state index < -0.39 is 10.0 Å². The molecule has 4 nitrogen and oxygen atoms in total. The third-order valence-corrected chi connectivity index (χ3v) is 6.94. The summed E-state index contributed by atoms with van der Waals surface area (Å²) in [4.78, 5) is 1.13. The van der Waals surface area contributed by atoms with Crippen molar-refractivity contribution < 1.29 is 8.42 Å². The predicted molar refractivity (Wildman–Crippen MR) is 91.3 cm³/mol. The Morgan fingerprint density at radius 2 is 2.05 bits per heavy atom. The maximum Gasteiger partial charge on any atom is 0.243 e. The number of hydrogen-bond acceptors (Lipinski definition) is 4. The van der Waals surface area contributed by atoms with Gasteiger partial charge in [-0.1, -0.05) is 11.6 Å². The number of nitrogen functional groups attached to an aromatic ring is 1. The van der Waals surface area contributed by atoms with E-state index in [0.717, 1.165) is 9.35 Å². The first-order valence-electron chi connectivity index (χ1n) is 5.96. The molecule has 21 heavy (non-hydrogen) atoms. The van der Waals surface area contributed by atoms with Gasteiger partial charge in [-0.05, 0) is 46.6 Å². The van der Waals surface area contributed by atoms with Crippen molar-refractivity contribution in [2.75, 3.05) is 12.8 Å². The lowest BCUT2D eigenvalue weighted by molar-refractivity contribution is 0.469. The smallest absolute Gasteiger partial charge is 0.243 e. The van der Waals surface area contributed by atoms with Gasteiger partial charge in [-0.3, -0.25) is 0 Å². The zero-order chi connectivity index (χ0) is 15.8. The monoisotopic (exact) mass is 408 g/mol. The van der Waals surface area contributed by atoms with Gasteiger partial charge in [0, 0.05) is 28.3 Å². The molecule has 0 amide bonds. The molecule has 0 spiro atoms. The lowest BCUT2D eigenvalue weighted by atomic mass is 10.2. The molecule has 0 unspecified atom stereocenters. The average molecular weight is 410 g/mol. The number of halogens is 2. The van der Waals surface area contributed by atoms with Crippen LogP contribution < -0.4 is 5.73 Å². The van der Waals surface area contributed by atoms with Crippen LogP contribution in [0.3, 0.4) is 0 Å². The Kier molecular flexibility index (Phi) is 4.99. The van der Waals surface area contributed by atoms with E-state index in [1.54, 1.807) is 20.0 Å². The molecule has 1 aromatic heterocycles. The van der Waals surface area contributed by atoms with Crippen LogP contribution in [0.4, 0.5) is 5.69 Å². The normalized spacial score (nSPS) is 12.0. The Morgan fingerprint density at radius 1 is 1.38 bits per heavy atom. The van der Waals surface area contributed by atoms with Gasteiger partial charge in [0.15, 0.2) is 0 Å². The molecule has 1 aromatic carbocycles. The van der Waals surface area contributed by atoms with Gasteiger partial charge in [-0.15, -0.1) is 11.3 Å². The Bertz CT molecular complexity index is 774. The number of hydrogen-bond donors (Lipinski definition) is 1. The standard InChI is InChI=1S/C13H14BrClN2O2S2/c1-8-3-11(15)12(16)5-13(8)21(18,19)17(2)6-10-4-9(14)7-20-10/h3-5,7H,6,16H2,1-2H3. The summed E-state index contributed by atoms with van der Waals surface area (Å²) in [6, 6.07) is 4.88. The van der Waals surface area contributed by atoms with Crippen LogP contribution in [0.1, 0.15) is 10.4 Å². The van der Waals surface area contributed by atoms with Crippen molar-refractivity contribution in [1.29, 1.82) is 0 Å². The molecule has 114 valence electrons. The van der Waals surface area contributed by atoms with Crippen LogP contribution in [0.2, 0.25) is 5.02 Å². The van der Waals surface area contributed by atoms with Gasteiger partial charge in [0.2, 0.25) is 10.0 Å². The molecule has 0 atom stereocenters. The van der Waals surface area contributed by atoms with Crippen molar-refractivity contribution in [2.45, 2.75) is 18.4 Å². The Labute approximate surface area is 141 Å². The molecule has 2 rings (SSSR count). The number of nitrogens with zero attached hydrogens (tertiary/aromatic N) is 1. The number of sulfonamides is 1. The lowest BCUT2D eigenvalue weighted by Crippen LogP contribution is -2.26. The first-order valence-corrected chi connectivity index (χ1v) is 9.45. The summed E-state index contributed by atoms with van der Waals surface area (Å²) in [5.41, 5.74) is 6.56. The van der Waals surface area contributed by atoms with Gasteiger partial charge < -0.3 is 5.73 Å². The highest BCUT2D eigenvalue weighted by molar-refractivity contribution is 9.10. The molecule has 0 radical (unpaired) electrons. The minimum atomic E-state index is -3.61. The third-order valence-electron chi connectivity index (χ3n) is 2.98. The van der Waals surface area contributed by atoms with Crippen molar-refractivity contribution >= 4 is 54.6 Å². The van der Waals surface area contributed by atoms with E-state index in [2.05, 4.69) is 15.9 Å². The van der Waals surface area contributed by atoms with Gasteiger partial charge >= 0.3 is 0 Å². The molecule has 2 aromatic rings. The number of anilines is 1. The molecule has 0 fully saturated rings. The van der Waals surface area contributed by atoms with E-state index in [0.29, 0.717) is 17.1 Å². The van der Waals surface area contributed by atoms with Crippen LogP contribution >= 0.6 is 38.9 Å². The van der Waals surface area contributed by atoms with Crippen LogP contribution in [-0.4, -0.2) is 19.8 Å². The molecule has 0 aliphatic carbocycles. The Balaban J connectivity index is 2.35. The number of thiophene rings is 1. The molecule has 0 saturated carbocycles. The second-order valence-corrected chi connectivity index (χ2v) is 8.96. The van der Waals surface area contributed by atoms with E-state index in [1.807, 2.05) is 11.4 Å². The topological polar surface area (TPSA) is 63.4 Å². The molecule has 0 aliphatic rings. The molecular formula is C13H14BrClN2O2S2. The van der Waals surface area contributed by atoms with Gasteiger partial charge in [-0.25, -0.2) is 8.42 Å². The minimum absolute atomic E-state index is 0.183. The summed E-state index contributed by atoms with van der Waals surface area (Å²) in [5, 5.41) is 2.28. The Hall–Kier alpha value is -0.600. The molecule has 0 aliphatic heterocycles. The first-order chi connectivity index (χ1) is 9.71. The summed E-state index contributed by atoms with van der Waals surface area (Å²) in [6.07, 6.45) is 0. The van der Waals surface area contributed by atoms with Crippen molar-refractivity contribution in [2.24, 2.45) is 0 Å². The Morgan fingerprint density at radius 3 is 2.62 bits per heavy atom. The van der Waals surface area contributed by atoms with Gasteiger partial charge in [-0.2, -0.15) is 4.31 Å². The van der Waals surface area contributed by atoms with Gasteiger partial charge in [0.25, 0.3) is 0 Å². The fourth-order valence-electron chi connectivity index (χ4n) is 1.86. The quantitative estimate of drug-likeness (QED) is 0.780. The molecule has 2 N–H and O–H groups in total. The zero-order valence-electron chi connectivity index (χ0n) is 11.4. The maximum absolute atomic E-state index is 12.6. The molecule has 0 bridgehead atoms. The summed E-state index contributed by atoms with van der Waals surface area (Å²) in [7, 11) is -2.06. The second kappa shape index (κ2) is 6.26. The predicted octanol–water partition coefficient (Wildman–Crippen LogP) is 3.88. The fraction of sp³-hybridized carbons (Fsp3) is 0.231. The molecule has 1 heterocycles. The van der Waals surface area contributed by atoms with E-state index in [-0.39, 0.29) is 10.6 Å². The lowest BCUT2D eigenvalue weighted by Gasteiger charge is -2.18. The summed E-state index contributed by atoms with van der Waals surface area (Å²) in [5.74, 6) is 0. The van der Waals surface area contributed by atoms with E-state index >= 15 is 0 Å². The molecular weight excluding hydrogens is 396 g/mol. The highest BCUT2D eigenvalue weighted by Crippen LogP contribution is 2.29. The number of aryl methyl sites for hydroxylation is 1. The van der Waals surface area contributed by atoms with Crippen molar-refractivity contribution in [3.8, 4) is 0 Å². The van der Waals surface area contributed by atoms with Crippen LogP contribution in [0.15, 0.2) is 32.9 Å². The molecule has 0 saturated heterocycles. The van der Waals surface area contributed by atoms with E-state index in [1.165, 1.54) is 21.7 Å². The zero-order valence-corrected chi connectivity index (χ0v) is 15.4. The van der Waals surface area contributed by atoms with Crippen LogP contribution in [-0.2, 0) is 16.6 Å². The second-order valence-electron chi connectivity index (χ2n) is 4.63. The fourth-order valence-corrected chi connectivity index (χ4v) is 5.05. The number of nitrogens with two attached hydrogens (primary N) is 1. The van der Waals surface area contributed by atoms with Crippen LogP contribution in [0.25, 0.3) is 0 Å². The van der Waals surface area contributed by atoms with Crippen molar-refractivity contribution in [3.63, 3.8) is 0 Å². The van der Waals surface area contributed by atoms with Gasteiger partial charge in [0.05, 0.1) is 15.6 Å². The summed E-state index contributed by atoms with van der Waals surface area (Å²) < 4.78 is 27.5. The highest BCUT2D eigenvalue weighted by atomic mass is 79.9. The average Bonchev–Trinajstić information content (AvgIpc) is 2.79. The largest absolute Gasteiger partial charge is 0.397 e. The summed E-state index contributed by atoms with van der Waals surface area (Å²) in [6.45, 7) is 2.01. The maximum atomic E-state index is 12.6. The van der Waals surface area contributed by atoms with Crippen molar-refractivity contribution in [3.05, 3.63) is 43.5 Å². The number of rotatable bonds is 4. The summed E-state index contributed by atoms with van der Waals surface area (Å²) >= 11 is 10.8. The molecule has 8 heteroatoms. The minimum Gasteiger partial charge on any atom is -0.397 e. The van der Waals surface area contributed by atoms with E-state index in [9.17, 15) is 8.42 Å². The third kappa shape index (κ3) is 3.60.